The molecule has 0 bridgehead atoms. The van der Waals surface area contributed by atoms with Gasteiger partial charge < -0.3 is 0 Å². The van der Waals surface area contributed by atoms with E-state index < -0.39 is 11.6 Å². The summed E-state index contributed by atoms with van der Waals surface area (Å²) in [4.78, 5) is 0. The fourth-order valence-corrected chi connectivity index (χ4v) is 4.76. The molecule has 1 saturated carbocycles. The minimum absolute atomic E-state index is 0.0448. The molecular formula is C23H31F3. The molecule has 0 radical (unpaired) electrons. The van der Waals surface area contributed by atoms with Crippen LogP contribution in [0.1, 0.15) is 88.2 Å². The van der Waals surface area contributed by atoms with Crippen LogP contribution in [-0.4, -0.2) is 0 Å². The topological polar surface area (TPSA) is 0 Å². The van der Waals surface area contributed by atoms with E-state index in [1.165, 1.54) is 25.7 Å². The highest BCUT2D eigenvalue weighted by Crippen LogP contribution is 2.38. The minimum atomic E-state index is -0.395. The van der Waals surface area contributed by atoms with Crippen LogP contribution in [0.3, 0.4) is 0 Å². The first kappa shape index (κ1) is 19.5. The first-order chi connectivity index (χ1) is 12.6. The summed E-state index contributed by atoms with van der Waals surface area (Å²) in [6, 6.07) is 3.15. The van der Waals surface area contributed by atoms with E-state index in [1.54, 1.807) is 18.2 Å². The normalized spacial score (nSPS) is 26.6. The fraction of sp³-hybridized carbons (Fsp3) is 0.652. The summed E-state index contributed by atoms with van der Waals surface area (Å²) in [7, 11) is 0. The summed E-state index contributed by atoms with van der Waals surface area (Å²) in [6.07, 6.45) is 11.6. The van der Waals surface area contributed by atoms with Gasteiger partial charge in [-0.1, -0.05) is 25.8 Å². The second-order valence-corrected chi connectivity index (χ2v) is 8.30. The van der Waals surface area contributed by atoms with Crippen molar-refractivity contribution in [2.45, 2.75) is 83.5 Å². The van der Waals surface area contributed by atoms with Gasteiger partial charge >= 0.3 is 0 Å². The molecule has 2 aliphatic carbocycles. The number of halogens is 3. The number of rotatable bonds is 6. The van der Waals surface area contributed by atoms with E-state index in [0.29, 0.717) is 31.1 Å². The van der Waals surface area contributed by atoms with Crippen LogP contribution in [0.2, 0.25) is 0 Å². The van der Waals surface area contributed by atoms with Crippen LogP contribution in [0.4, 0.5) is 13.2 Å². The Morgan fingerprint density at radius 3 is 2.15 bits per heavy atom. The van der Waals surface area contributed by atoms with Crippen LogP contribution in [-0.2, 0) is 6.42 Å². The van der Waals surface area contributed by atoms with Gasteiger partial charge in [0.1, 0.15) is 11.6 Å². The Kier molecular flexibility index (Phi) is 6.83. The molecule has 0 spiro atoms. The molecule has 0 aliphatic heterocycles. The van der Waals surface area contributed by atoms with Crippen molar-refractivity contribution in [3.05, 3.63) is 46.8 Å². The lowest BCUT2D eigenvalue weighted by Gasteiger charge is -2.29. The molecule has 0 amide bonds. The third-order valence-corrected chi connectivity index (χ3v) is 6.45. The highest BCUT2D eigenvalue weighted by Gasteiger charge is 2.24. The lowest BCUT2D eigenvalue weighted by Crippen LogP contribution is -2.14. The molecule has 1 atom stereocenters. The maximum atomic E-state index is 14.6. The largest absolute Gasteiger partial charge is 0.212 e. The lowest BCUT2D eigenvalue weighted by molar-refractivity contribution is 0.307. The average molecular weight is 364 g/mol. The summed E-state index contributed by atoms with van der Waals surface area (Å²) in [5.74, 6) is 0.590. The smallest absolute Gasteiger partial charge is 0.129 e. The van der Waals surface area contributed by atoms with E-state index in [0.717, 1.165) is 37.2 Å². The molecule has 3 heteroatoms. The van der Waals surface area contributed by atoms with Crippen molar-refractivity contribution in [2.24, 2.45) is 11.8 Å². The lowest BCUT2D eigenvalue weighted by atomic mass is 9.77. The van der Waals surface area contributed by atoms with Crippen molar-refractivity contribution in [2.75, 3.05) is 0 Å². The molecule has 1 unspecified atom stereocenters. The van der Waals surface area contributed by atoms with E-state index in [9.17, 15) is 13.2 Å². The van der Waals surface area contributed by atoms with E-state index in [-0.39, 0.29) is 11.4 Å². The zero-order valence-corrected chi connectivity index (χ0v) is 15.9. The van der Waals surface area contributed by atoms with Crippen molar-refractivity contribution in [3.8, 4) is 0 Å². The van der Waals surface area contributed by atoms with Gasteiger partial charge in [-0.15, -0.1) is 0 Å². The summed E-state index contributed by atoms with van der Waals surface area (Å²) in [5.41, 5.74) is 1.05. The molecule has 3 rings (SSSR count). The van der Waals surface area contributed by atoms with Gasteiger partial charge in [-0.25, -0.2) is 13.2 Å². The van der Waals surface area contributed by atoms with Crippen LogP contribution in [0.25, 0.3) is 0 Å². The second-order valence-electron chi connectivity index (χ2n) is 8.30. The van der Waals surface area contributed by atoms with Gasteiger partial charge in [-0.05, 0) is 93.2 Å². The van der Waals surface area contributed by atoms with Crippen LogP contribution in [0.15, 0.2) is 24.0 Å². The van der Waals surface area contributed by atoms with Gasteiger partial charge in [0, 0.05) is 5.56 Å². The van der Waals surface area contributed by atoms with E-state index in [2.05, 4.69) is 6.92 Å². The summed E-state index contributed by atoms with van der Waals surface area (Å²) < 4.78 is 42.2. The van der Waals surface area contributed by atoms with Crippen molar-refractivity contribution in [3.63, 3.8) is 0 Å². The molecule has 0 nitrogen and oxygen atoms in total. The van der Waals surface area contributed by atoms with Crippen LogP contribution < -0.4 is 0 Å². The van der Waals surface area contributed by atoms with Crippen molar-refractivity contribution in [1.82, 2.24) is 0 Å². The molecule has 0 aromatic heterocycles. The maximum Gasteiger partial charge on any atom is 0.129 e. The van der Waals surface area contributed by atoms with Gasteiger partial charge in [0.15, 0.2) is 0 Å². The quantitative estimate of drug-likeness (QED) is 0.487. The summed E-state index contributed by atoms with van der Waals surface area (Å²) in [6.45, 7) is 2.22. The minimum Gasteiger partial charge on any atom is -0.212 e. The van der Waals surface area contributed by atoms with Gasteiger partial charge in [-0.2, -0.15) is 0 Å². The van der Waals surface area contributed by atoms with Crippen LogP contribution >= 0.6 is 0 Å². The molecule has 1 fully saturated rings. The van der Waals surface area contributed by atoms with Crippen LogP contribution in [0, 0.1) is 23.5 Å². The Morgan fingerprint density at radius 1 is 0.885 bits per heavy atom. The van der Waals surface area contributed by atoms with E-state index >= 15 is 0 Å². The fourth-order valence-electron chi connectivity index (χ4n) is 4.76. The van der Waals surface area contributed by atoms with E-state index in [1.807, 2.05) is 0 Å². The predicted octanol–water partition coefficient (Wildman–Crippen LogP) is 7.62. The molecule has 26 heavy (non-hydrogen) atoms. The van der Waals surface area contributed by atoms with Crippen LogP contribution in [0.5, 0.6) is 0 Å². The van der Waals surface area contributed by atoms with Crippen molar-refractivity contribution < 1.29 is 13.2 Å². The van der Waals surface area contributed by atoms with Crippen molar-refractivity contribution in [1.29, 1.82) is 0 Å². The summed E-state index contributed by atoms with van der Waals surface area (Å²) in [5, 5.41) is 0. The monoisotopic (exact) mass is 364 g/mol. The molecule has 0 N–H and O–H groups in total. The molecule has 1 aromatic rings. The van der Waals surface area contributed by atoms with Gasteiger partial charge in [-0.3, -0.25) is 0 Å². The summed E-state index contributed by atoms with van der Waals surface area (Å²) >= 11 is 0. The number of hydrogen-bond donors (Lipinski definition) is 0. The average Bonchev–Trinajstić information content (AvgIpc) is 2.63. The Hall–Kier alpha value is -1.25. The Bertz CT molecular complexity index is 603. The third kappa shape index (κ3) is 4.92. The maximum absolute atomic E-state index is 14.6. The van der Waals surface area contributed by atoms with Gasteiger partial charge in [0.25, 0.3) is 0 Å². The standard InChI is InChI=1S/C23H31F3/c1-2-3-16-4-9-18(10-5-16)19-14-22(25)21(23(26)15-19)13-8-17-6-11-20(24)12-7-17/h11,14-18H,2-10,12-13H2,1H3/t16-,17?,18-. The molecule has 1 aromatic carbocycles. The first-order valence-electron chi connectivity index (χ1n) is 10.4. The molecule has 144 valence electrons. The Morgan fingerprint density at radius 2 is 1.58 bits per heavy atom. The zero-order valence-electron chi connectivity index (χ0n) is 15.9. The zero-order chi connectivity index (χ0) is 18.5. The van der Waals surface area contributed by atoms with Gasteiger partial charge in [0.05, 0.1) is 5.83 Å². The first-order valence-corrected chi connectivity index (χ1v) is 10.4. The second kappa shape index (κ2) is 9.10. The molecule has 0 heterocycles. The highest BCUT2D eigenvalue weighted by atomic mass is 19.1. The Labute approximate surface area is 155 Å². The molecular weight excluding hydrogens is 333 g/mol. The number of hydrogen-bond acceptors (Lipinski definition) is 0. The highest BCUT2D eigenvalue weighted by molar-refractivity contribution is 5.29. The SMILES string of the molecule is CCC[C@H]1CC[C@H](c2cc(F)c(CCC3CC=C(F)CC3)c(F)c2)CC1. The van der Waals surface area contributed by atoms with E-state index in [4.69, 9.17) is 0 Å². The number of allylic oxidation sites excluding steroid dienone is 2. The molecule has 0 saturated heterocycles. The third-order valence-electron chi connectivity index (χ3n) is 6.45. The van der Waals surface area contributed by atoms with Crippen molar-refractivity contribution >= 4 is 0 Å². The molecule has 2 aliphatic rings. The Balaban J connectivity index is 1.60. The van der Waals surface area contributed by atoms with Gasteiger partial charge in [0.2, 0.25) is 0 Å². The predicted molar refractivity (Wildman–Crippen MR) is 101 cm³/mol. The number of benzene rings is 1.